The monoisotopic (exact) mass is 229 g/mol. The van der Waals surface area contributed by atoms with E-state index < -0.39 is 28.7 Å². The van der Waals surface area contributed by atoms with E-state index in [0.717, 1.165) is 12.1 Å². The van der Waals surface area contributed by atoms with Gasteiger partial charge in [-0.1, -0.05) is 13.0 Å². The molecule has 0 bridgehead atoms. The number of halogens is 2. The number of nitrogens with one attached hydrogen (secondary N) is 1. The quantitative estimate of drug-likeness (QED) is 0.828. The summed E-state index contributed by atoms with van der Waals surface area (Å²) < 4.78 is 27.0. The fourth-order valence-corrected chi connectivity index (χ4v) is 1.60. The van der Waals surface area contributed by atoms with Crippen LogP contribution >= 0.6 is 0 Å². The first kappa shape index (κ1) is 12.6. The Hall–Kier alpha value is -1.49. The summed E-state index contributed by atoms with van der Waals surface area (Å²) in [5.41, 5.74) is -2.23. The van der Waals surface area contributed by atoms with Gasteiger partial charge in [-0.05, 0) is 25.6 Å². The zero-order valence-electron chi connectivity index (χ0n) is 9.05. The topological polar surface area (TPSA) is 49.3 Å². The average molecular weight is 229 g/mol. The SMILES string of the molecule is CCN[C@](C)(C(=O)O)c1c(F)cccc1F. The number of likely N-dealkylation sites (N-methyl/N-ethyl adjacent to an activating group) is 1. The molecule has 2 N–H and O–H groups in total. The van der Waals surface area contributed by atoms with E-state index >= 15 is 0 Å². The Bertz CT molecular complexity index is 389. The van der Waals surface area contributed by atoms with Crippen LogP contribution in [0.25, 0.3) is 0 Å². The molecule has 0 aliphatic rings. The molecular weight excluding hydrogens is 216 g/mol. The summed E-state index contributed by atoms with van der Waals surface area (Å²) in [5.74, 6) is -3.06. The molecule has 0 aliphatic carbocycles. The van der Waals surface area contributed by atoms with Crippen LogP contribution in [0, 0.1) is 11.6 Å². The Balaban J connectivity index is 3.37. The summed E-state index contributed by atoms with van der Waals surface area (Å²) in [7, 11) is 0. The third-order valence-electron chi connectivity index (χ3n) is 2.42. The van der Waals surface area contributed by atoms with E-state index in [4.69, 9.17) is 5.11 Å². The van der Waals surface area contributed by atoms with Gasteiger partial charge >= 0.3 is 5.97 Å². The van der Waals surface area contributed by atoms with E-state index in [1.165, 1.54) is 13.0 Å². The molecule has 1 rings (SSSR count). The fraction of sp³-hybridized carbons (Fsp3) is 0.364. The highest BCUT2D eigenvalue weighted by Crippen LogP contribution is 2.26. The van der Waals surface area contributed by atoms with Crippen LogP contribution in [0.4, 0.5) is 8.78 Å². The molecule has 0 saturated carbocycles. The maximum Gasteiger partial charge on any atom is 0.328 e. The van der Waals surface area contributed by atoms with Crippen LogP contribution in [-0.4, -0.2) is 17.6 Å². The number of hydrogen-bond acceptors (Lipinski definition) is 2. The van der Waals surface area contributed by atoms with Gasteiger partial charge in [0.05, 0.1) is 5.56 Å². The average Bonchev–Trinajstić information content (AvgIpc) is 2.17. The molecule has 0 aromatic heterocycles. The van der Waals surface area contributed by atoms with Gasteiger partial charge < -0.3 is 5.11 Å². The number of benzene rings is 1. The molecule has 1 aromatic carbocycles. The van der Waals surface area contributed by atoms with Crippen molar-refractivity contribution in [1.29, 1.82) is 0 Å². The van der Waals surface area contributed by atoms with E-state index in [2.05, 4.69) is 5.32 Å². The van der Waals surface area contributed by atoms with Crippen molar-refractivity contribution in [3.8, 4) is 0 Å². The highest BCUT2D eigenvalue weighted by Gasteiger charge is 2.39. The summed E-state index contributed by atoms with van der Waals surface area (Å²) in [6, 6.07) is 3.27. The Kier molecular flexibility index (Phi) is 3.59. The van der Waals surface area contributed by atoms with Crippen molar-refractivity contribution < 1.29 is 18.7 Å². The third-order valence-corrected chi connectivity index (χ3v) is 2.42. The van der Waals surface area contributed by atoms with E-state index in [1.807, 2.05) is 0 Å². The van der Waals surface area contributed by atoms with Crippen LogP contribution in [0.3, 0.4) is 0 Å². The molecule has 0 heterocycles. The lowest BCUT2D eigenvalue weighted by Gasteiger charge is -2.26. The molecule has 0 aliphatic heterocycles. The standard InChI is InChI=1S/C11H13F2NO2/c1-3-14-11(2,10(15)16)9-7(12)5-4-6-8(9)13/h4-6,14H,3H2,1-2H3,(H,15,16)/t11-/m0/s1. The molecule has 0 radical (unpaired) electrons. The van der Waals surface area contributed by atoms with E-state index in [1.54, 1.807) is 6.92 Å². The van der Waals surface area contributed by atoms with Crippen LogP contribution < -0.4 is 5.32 Å². The Morgan fingerprint density at radius 2 is 1.94 bits per heavy atom. The van der Waals surface area contributed by atoms with Gasteiger partial charge in [-0.2, -0.15) is 0 Å². The predicted octanol–water partition coefficient (Wildman–Crippen LogP) is 1.87. The van der Waals surface area contributed by atoms with E-state index in [9.17, 15) is 13.6 Å². The van der Waals surface area contributed by atoms with Crippen molar-refractivity contribution in [2.75, 3.05) is 6.54 Å². The number of carboxylic acids is 1. The van der Waals surface area contributed by atoms with Crippen molar-refractivity contribution >= 4 is 5.97 Å². The third kappa shape index (κ3) is 2.04. The highest BCUT2D eigenvalue weighted by molar-refractivity contribution is 5.80. The lowest BCUT2D eigenvalue weighted by molar-refractivity contribution is -0.144. The van der Waals surface area contributed by atoms with Crippen molar-refractivity contribution in [3.05, 3.63) is 35.4 Å². The second-order valence-corrected chi connectivity index (χ2v) is 3.56. The van der Waals surface area contributed by atoms with Crippen molar-refractivity contribution in [3.63, 3.8) is 0 Å². The van der Waals surface area contributed by atoms with Gasteiger partial charge in [0, 0.05) is 0 Å². The molecule has 0 spiro atoms. The van der Waals surface area contributed by atoms with Crippen molar-refractivity contribution in [2.24, 2.45) is 0 Å². The summed E-state index contributed by atoms with van der Waals surface area (Å²) in [6.45, 7) is 3.19. The smallest absolute Gasteiger partial charge is 0.328 e. The lowest BCUT2D eigenvalue weighted by atomic mass is 9.91. The zero-order chi connectivity index (χ0) is 12.3. The van der Waals surface area contributed by atoms with E-state index in [0.29, 0.717) is 0 Å². The Morgan fingerprint density at radius 3 is 2.31 bits per heavy atom. The van der Waals surface area contributed by atoms with Crippen molar-refractivity contribution in [1.82, 2.24) is 5.32 Å². The van der Waals surface area contributed by atoms with Gasteiger partial charge in [-0.25, -0.2) is 13.6 Å². The normalized spacial score (nSPS) is 14.5. The minimum absolute atomic E-state index is 0.288. The second kappa shape index (κ2) is 4.57. The highest BCUT2D eigenvalue weighted by atomic mass is 19.1. The second-order valence-electron chi connectivity index (χ2n) is 3.56. The minimum atomic E-state index is -1.76. The van der Waals surface area contributed by atoms with Gasteiger partial charge in [-0.15, -0.1) is 0 Å². The fourth-order valence-electron chi connectivity index (χ4n) is 1.60. The van der Waals surface area contributed by atoms with Gasteiger partial charge in [0.1, 0.15) is 17.2 Å². The van der Waals surface area contributed by atoms with Crippen LogP contribution in [0.15, 0.2) is 18.2 Å². The maximum absolute atomic E-state index is 13.5. The molecule has 5 heteroatoms. The summed E-state index contributed by atoms with van der Waals surface area (Å²) in [4.78, 5) is 11.1. The van der Waals surface area contributed by atoms with Crippen LogP contribution in [0.5, 0.6) is 0 Å². The minimum Gasteiger partial charge on any atom is -0.480 e. The molecule has 16 heavy (non-hydrogen) atoms. The van der Waals surface area contributed by atoms with Gasteiger partial charge in [0.2, 0.25) is 0 Å². The predicted molar refractivity (Wildman–Crippen MR) is 55.0 cm³/mol. The molecule has 1 atom stereocenters. The summed E-state index contributed by atoms with van der Waals surface area (Å²) in [5, 5.41) is 11.6. The Morgan fingerprint density at radius 1 is 1.44 bits per heavy atom. The van der Waals surface area contributed by atoms with Crippen LogP contribution in [0.1, 0.15) is 19.4 Å². The van der Waals surface area contributed by atoms with Crippen LogP contribution in [-0.2, 0) is 10.3 Å². The Labute approximate surface area is 92.1 Å². The molecule has 1 aromatic rings. The summed E-state index contributed by atoms with van der Waals surface area (Å²) in [6.07, 6.45) is 0. The number of carboxylic acid groups (broad SMARTS) is 1. The number of aliphatic carboxylic acids is 1. The first-order valence-corrected chi connectivity index (χ1v) is 4.86. The number of carbonyl (C=O) groups is 1. The first-order valence-electron chi connectivity index (χ1n) is 4.86. The largest absolute Gasteiger partial charge is 0.480 e. The summed E-state index contributed by atoms with van der Waals surface area (Å²) >= 11 is 0. The van der Waals surface area contributed by atoms with Crippen molar-refractivity contribution in [2.45, 2.75) is 19.4 Å². The van der Waals surface area contributed by atoms with Gasteiger partial charge in [-0.3, -0.25) is 5.32 Å². The van der Waals surface area contributed by atoms with Gasteiger partial charge in [0.25, 0.3) is 0 Å². The molecule has 3 nitrogen and oxygen atoms in total. The van der Waals surface area contributed by atoms with Crippen LogP contribution in [0.2, 0.25) is 0 Å². The lowest BCUT2D eigenvalue weighted by Crippen LogP contribution is -2.47. The maximum atomic E-state index is 13.5. The molecule has 0 amide bonds. The molecule has 88 valence electrons. The molecule has 0 unspecified atom stereocenters. The molecular formula is C11H13F2NO2. The van der Waals surface area contributed by atoms with Gasteiger partial charge in [0.15, 0.2) is 0 Å². The number of hydrogen-bond donors (Lipinski definition) is 2. The first-order chi connectivity index (χ1) is 7.43. The molecule has 0 fully saturated rings. The molecule has 0 saturated heterocycles. The zero-order valence-corrected chi connectivity index (χ0v) is 9.05. The number of rotatable bonds is 4. The van der Waals surface area contributed by atoms with E-state index in [-0.39, 0.29) is 6.54 Å².